The van der Waals surface area contributed by atoms with Crippen LogP contribution in [0.15, 0.2) is 29.6 Å². The van der Waals surface area contributed by atoms with Crippen LogP contribution in [0.1, 0.15) is 39.7 Å². The maximum absolute atomic E-state index is 11.3. The molecule has 0 saturated carbocycles. The van der Waals surface area contributed by atoms with Crippen molar-refractivity contribution in [1.29, 1.82) is 0 Å². The van der Waals surface area contributed by atoms with Crippen LogP contribution < -0.4 is 0 Å². The summed E-state index contributed by atoms with van der Waals surface area (Å²) in [6, 6.07) is 8.24. The van der Waals surface area contributed by atoms with Crippen LogP contribution in [-0.2, 0) is 10.3 Å². The monoisotopic (exact) mass is 276 g/mol. The average Bonchev–Trinajstić information content (AvgIpc) is 2.78. The van der Waals surface area contributed by atoms with Crippen LogP contribution in [-0.4, -0.2) is 16.3 Å². The molecule has 19 heavy (non-hydrogen) atoms. The van der Waals surface area contributed by atoms with E-state index in [1.807, 2.05) is 39.8 Å². The van der Waals surface area contributed by atoms with E-state index < -0.39 is 11.2 Å². The predicted molar refractivity (Wildman–Crippen MR) is 79.6 cm³/mol. The van der Waals surface area contributed by atoms with Crippen molar-refractivity contribution in [2.75, 3.05) is 0 Å². The van der Waals surface area contributed by atoms with Crippen LogP contribution in [0, 0.1) is 0 Å². The van der Waals surface area contributed by atoms with Crippen LogP contribution in [0.25, 0.3) is 10.1 Å². The lowest BCUT2D eigenvalue weighted by Gasteiger charge is -2.35. The van der Waals surface area contributed by atoms with Gasteiger partial charge in [-0.2, -0.15) is 0 Å². The van der Waals surface area contributed by atoms with E-state index in [4.69, 9.17) is 4.74 Å². The molecule has 2 heterocycles. The molecule has 1 atom stereocenters. The first-order chi connectivity index (χ1) is 8.75. The summed E-state index contributed by atoms with van der Waals surface area (Å²) in [5, 5.41) is 14.6. The highest BCUT2D eigenvalue weighted by molar-refractivity contribution is 7.17. The first kappa shape index (κ1) is 13.1. The molecule has 2 nitrogen and oxygen atoms in total. The Morgan fingerprint density at radius 3 is 2.53 bits per heavy atom. The first-order valence-electron chi connectivity index (χ1n) is 6.64. The zero-order valence-corrected chi connectivity index (χ0v) is 12.7. The molecular formula is C16H20O2S. The van der Waals surface area contributed by atoms with Gasteiger partial charge in [-0.05, 0) is 44.5 Å². The van der Waals surface area contributed by atoms with Crippen LogP contribution >= 0.6 is 11.3 Å². The van der Waals surface area contributed by atoms with Gasteiger partial charge in [0.25, 0.3) is 0 Å². The predicted octanol–water partition coefficient (Wildman–Crippen LogP) is 4.07. The van der Waals surface area contributed by atoms with Crippen molar-refractivity contribution in [2.24, 2.45) is 0 Å². The zero-order valence-electron chi connectivity index (χ0n) is 11.9. The highest BCUT2D eigenvalue weighted by Crippen LogP contribution is 2.52. The Kier molecular flexibility index (Phi) is 2.63. The molecule has 3 heteroatoms. The molecule has 1 saturated heterocycles. The lowest BCUT2D eigenvalue weighted by atomic mass is 9.77. The average molecular weight is 276 g/mol. The number of ether oxygens (including phenoxy) is 1. The van der Waals surface area contributed by atoms with Gasteiger partial charge < -0.3 is 9.84 Å². The molecule has 0 aliphatic carbocycles. The minimum atomic E-state index is -0.944. The van der Waals surface area contributed by atoms with E-state index in [1.54, 1.807) is 11.3 Å². The van der Waals surface area contributed by atoms with E-state index >= 15 is 0 Å². The number of aliphatic hydroxyl groups is 1. The lowest BCUT2D eigenvalue weighted by molar-refractivity contribution is -0.129. The summed E-state index contributed by atoms with van der Waals surface area (Å²) < 4.78 is 7.25. The van der Waals surface area contributed by atoms with Gasteiger partial charge >= 0.3 is 0 Å². The fourth-order valence-electron chi connectivity index (χ4n) is 3.38. The molecule has 0 bridgehead atoms. The van der Waals surface area contributed by atoms with Crippen LogP contribution in [0.4, 0.5) is 0 Å². The highest BCUT2D eigenvalue weighted by atomic mass is 32.1. The standard InChI is InChI=1S/C16H20O2S/c1-14(2)10-16(17,15(3,4)18-14)12-7-5-6-11-8-9-19-13(11)12/h5-9,17H,10H2,1-4H3. The van der Waals surface area contributed by atoms with E-state index in [9.17, 15) is 5.11 Å². The SMILES string of the molecule is CC1(C)CC(O)(c2cccc3ccsc23)C(C)(C)O1. The Bertz CT molecular complexity index is 626. The van der Waals surface area contributed by atoms with Crippen molar-refractivity contribution in [3.05, 3.63) is 35.2 Å². The zero-order chi connectivity index (χ0) is 13.9. The van der Waals surface area contributed by atoms with Gasteiger partial charge in [-0.3, -0.25) is 0 Å². The van der Waals surface area contributed by atoms with Crippen molar-refractivity contribution >= 4 is 21.4 Å². The Morgan fingerprint density at radius 1 is 1.16 bits per heavy atom. The van der Waals surface area contributed by atoms with Gasteiger partial charge in [-0.15, -0.1) is 11.3 Å². The summed E-state index contributed by atoms with van der Waals surface area (Å²) in [5.41, 5.74) is -0.844. The van der Waals surface area contributed by atoms with E-state index in [2.05, 4.69) is 17.5 Å². The maximum Gasteiger partial charge on any atom is 0.122 e. The minimum Gasteiger partial charge on any atom is -0.382 e. The summed E-state index contributed by atoms with van der Waals surface area (Å²) >= 11 is 1.68. The summed E-state index contributed by atoms with van der Waals surface area (Å²) in [7, 11) is 0. The summed E-state index contributed by atoms with van der Waals surface area (Å²) in [6.07, 6.45) is 0.615. The van der Waals surface area contributed by atoms with Crippen molar-refractivity contribution in [1.82, 2.24) is 0 Å². The minimum absolute atomic E-state index is 0.308. The number of thiophene rings is 1. The Balaban J connectivity index is 2.23. The molecule has 0 radical (unpaired) electrons. The second-order valence-corrected chi connectivity index (χ2v) is 7.47. The Morgan fingerprint density at radius 2 is 1.89 bits per heavy atom. The molecular weight excluding hydrogens is 256 g/mol. The Labute approximate surface area is 118 Å². The fraction of sp³-hybridized carbons (Fsp3) is 0.500. The second kappa shape index (κ2) is 3.81. The van der Waals surface area contributed by atoms with E-state index in [0.29, 0.717) is 6.42 Å². The number of fused-ring (bicyclic) bond motifs is 1. The molecule has 1 N–H and O–H groups in total. The van der Waals surface area contributed by atoms with Crippen molar-refractivity contribution in [2.45, 2.75) is 50.9 Å². The van der Waals surface area contributed by atoms with Gasteiger partial charge in [0.05, 0.1) is 11.2 Å². The summed E-state index contributed by atoms with van der Waals surface area (Å²) in [4.78, 5) is 0. The smallest absolute Gasteiger partial charge is 0.122 e. The van der Waals surface area contributed by atoms with Crippen LogP contribution in [0.2, 0.25) is 0 Å². The normalized spacial score (nSPS) is 28.9. The number of rotatable bonds is 1. The third-order valence-electron chi connectivity index (χ3n) is 4.13. The Hall–Kier alpha value is -0.900. The molecule has 1 aromatic heterocycles. The van der Waals surface area contributed by atoms with Crippen LogP contribution in [0.5, 0.6) is 0 Å². The molecule has 1 unspecified atom stereocenters. The fourth-order valence-corrected chi connectivity index (χ4v) is 4.37. The number of hydrogen-bond donors (Lipinski definition) is 1. The van der Waals surface area contributed by atoms with Gasteiger partial charge in [0, 0.05) is 16.7 Å². The van der Waals surface area contributed by atoms with Gasteiger partial charge in [0.1, 0.15) is 5.60 Å². The lowest BCUT2D eigenvalue weighted by Crippen LogP contribution is -2.43. The molecule has 2 aromatic rings. The van der Waals surface area contributed by atoms with Crippen molar-refractivity contribution in [3.8, 4) is 0 Å². The molecule has 3 rings (SSSR count). The van der Waals surface area contributed by atoms with E-state index in [0.717, 1.165) is 5.56 Å². The number of hydrogen-bond acceptors (Lipinski definition) is 3. The maximum atomic E-state index is 11.3. The molecule has 0 spiro atoms. The number of benzene rings is 1. The molecule has 1 aromatic carbocycles. The van der Waals surface area contributed by atoms with Crippen molar-refractivity contribution < 1.29 is 9.84 Å². The van der Waals surface area contributed by atoms with Gasteiger partial charge in [0.2, 0.25) is 0 Å². The molecule has 1 aliphatic rings. The largest absolute Gasteiger partial charge is 0.382 e. The molecule has 1 aliphatic heterocycles. The molecule has 102 valence electrons. The van der Waals surface area contributed by atoms with E-state index in [-0.39, 0.29) is 5.60 Å². The third kappa shape index (κ3) is 1.83. The van der Waals surface area contributed by atoms with E-state index in [1.165, 1.54) is 10.1 Å². The highest BCUT2D eigenvalue weighted by Gasteiger charge is 2.57. The topological polar surface area (TPSA) is 29.5 Å². The van der Waals surface area contributed by atoms with Crippen molar-refractivity contribution in [3.63, 3.8) is 0 Å². The van der Waals surface area contributed by atoms with Gasteiger partial charge in [0.15, 0.2) is 0 Å². The first-order valence-corrected chi connectivity index (χ1v) is 7.52. The molecule has 1 fully saturated rings. The quantitative estimate of drug-likeness (QED) is 0.851. The molecule has 0 amide bonds. The second-order valence-electron chi connectivity index (χ2n) is 6.55. The summed E-state index contributed by atoms with van der Waals surface area (Å²) in [6.45, 7) is 8.05. The summed E-state index contributed by atoms with van der Waals surface area (Å²) in [5.74, 6) is 0. The van der Waals surface area contributed by atoms with Crippen LogP contribution in [0.3, 0.4) is 0 Å². The van der Waals surface area contributed by atoms with Gasteiger partial charge in [-0.1, -0.05) is 18.2 Å². The van der Waals surface area contributed by atoms with Gasteiger partial charge in [-0.25, -0.2) is 0 Å². The third-order valence-corrected chi connectivity index (χ3v) is 5.10.